The van der Waals surface area contributed by atoms with E-state index < -0.39 is 0 Å². The van der Waals surface area contributed by atoms with Crippen molar-refractivity contribution in [3.05, 3.63) is 54.3 Å². The Morgan fingerprint density at radius 2 is 1.83 bits per heavy atom. The molecule has 2 aromatic carbocycles. The van der Waals surface area contributed by atoms with E-state index in [0.29, 0.717) is 17.4 Å². The van der Waals surface area contributed by atoms with Crippen molar-refractivity contribution in [2.45, 2.75) is 18.7 Å². The summed E-state index contributed by atoms with van der Waals surface area (Å²) in [4.78, 5) is 22.7. The molecule has 0 bridgehead atoms. The number of aromatic nitrogens is 1. The highest BCUT2D eigenvalue weighted by atomic mass is 35.5. The smallest absolute Gasteiger partial charge is 0.239 e. The number of likely N-dealkylation sites (N-methyl/N-ethyl adjacent to an activating group) is 1. The van der Waals surface area contributed by atoms with Crippen LogP contribution in [0.25, 0.3) is 10.2 Å². The van der Waals surface area contributed by atoms with Crippen LogP contribution in [0.15, 0.2) is 53.4 Å². The molecule has 29 heavy (non-hydrogen) atoms. The Balaban J connectivity index is 0.00000300. The average molecular weight is 454 g/mol. The van der Waals surface area contributed by atoms with Gasteiger partial charge in [-0.05, 0) is 43.4 Å². The second kappa shape index (κ2) is 11.5. The van der Waals surface area contributed by atoms with Crippen molar-refractivity contribution in [3.63, 3.8) is 0 Å². The minimum absolute atomic E-state index is 0. The van der Waals surface area contributed by atoms with Gasteiger partial charge in [0.25, 0.3) is 0 Å². The minimum Gasteiger partial charge on any atom is -0.302 e. The SMILES string of the molecule is CCN(CC)CCN(C(=O)CSc1ccccc1)c1nc2ccc(F)cc2s1.Cl. The number of hydrogen-bond acceptors (Lipinski definition) is 5. The summed E-state index contributed by atoms with van der Waals surface area (Å²) < 4.78 is 14.3. The molecular weight excluding hydrogens is 429 g/mol. The first-order chi connectivity index (χ1) is 13.6. The van der Waals surface area contributed by atoms with Gasteiger partial charge in [0, 0.05) is 18.0 Å². The van der Waals surface area contributed by atoms with E-state index in [1.165, 1.54) is 35.2 Å². The lowest BCUT2D eigenvalue weighted by atomic mass is 10.3. The number of hydrogen-bond donors (Lipinski definition) is 0. The van der Waals surface area contributed by atoms with Crippen molar-refractivity contribution in [2.75, 3.05) is 36.8 Å². The minimum atomic E-state index is -0.289. The van der Waals surface area contributed by atoms with Crippen LogP contribution >= 0.6 is 35.5 Å². The van der Waals surface area contributed by atoms with Crippen molar-refractivity contribution in [1.82, 2.24) is 9.88 Å². The Labute approximate surface area is 185 Å². The molecule has 0 N–H and O–H groups in total. The van der Waals surface area contributed by atoms with Gasteiger partial charge in [0.05, 0.1) is 16.0 Å². The number of carbonyl (C=O) groups is 1. The summed E-state index contributed by atoms with van der Waals surface area (Å²) in [6.07, 6.45) is 0. The van der Waals surface area contributed by atoms with E-state index >= 15 is 0 Å². The molecule has 0 atom stereocenters. The first-order valence-electron chi connectivity index (χ1n) is 9.37. The summed E-state index contributed by atoms with van der Waals surface area (Å²) in [5, 5.41) is 0.631. The van der Waals surface area contributed by atoms with Crippen molar-refractivity contribution in [1.29, 1.82) is 0 Å². The third-order valence-electron chi connectivity index (χ3n) is 4.51. The zero-order valence-electron chi connectivity index (χ0n) is 16.5. The predicted molar refractivity (Wildman–Crippen MR) is 124 cm³/mol. The second-order valence-corrected chi connectivity index (χ2v) is 8.34. The predicted octanol–water partition coefficient (Wildman–Crippen LogP) is 5.32. The van der Waals surface area contributed by atoms with Crippen molar-refractivity contribution >= 4 is 56.8 Å². The van der Waals surface area contributed by atoms with Gasteiger partial charge in [0.2, 0.25) is 5.91 Å². The van der Waals surface area contributed by atoms with Crippen LogP contribution in [0.3, 0.4) is 0 Å². The molecule has 1 aromatic heterocycles. The summed E-state index contributed by atoms with van der Waals surface area (Å²) in [7, 11) is 0. The number of rotatable bonds is 9. The number of carbonyl (C=O) groups excluding carboxylic acids is 1. The molecule has 0 aliphatic carbocycles. The van der Waals surface area contributed by atoms with Gasteiger partial charge in [-0.15, -0.1) is 24.2 Å². The highest BCUT2D eigenvalue weighted by Gasteiger charge is 2.20. The summed E-state index contributed by atoms with van der Waals surface area (Å²) in [6.45, 7) is 7.44. The Kier molecular flexibility index (Phi) is 9.36. The summed E-state index contributed by atoms with van der Waals surface area (Å²) in [6, 6.07) is 14.4. The van der Waals surface area contributed by atoms with Gasteiger partial charge in [-0.1, -0.05) is 43.4 Å². The molecule has 0 spiro atoms. The Hall–Kier alpha value is -1.67. The topological polar surface area (TPSA) is 36.4 Å². The van der Waals surface area contributed by atoms with E-state index in [4.69, 9.17) is 0 Å². The van der Waals surface area contributed by atoms with Crippen molar-refractivity contribution in [2.24, 2.45) is 0 Å². The fourth-order valence-electron chi connectivity index (χ4n) is 2.85. The fraction of sp³-hybridized carbons (Fsp3) is 0.333. The van der Waals surface area contributed by atoms with E-state index in [1.54, 1.807) is 11.0 Å². The van der Waals surface area contributed by atoms with Crippen LogP contribution in [0.2, 0.25) is 0 Å². The molecule has 0 aliphatic rings. The van der Waals surface area contributed by atoms with Gasteiger partial charge in [0.15, 0.2) is 5.13 Å². The largest absolute Gasteiger partial charge is 0.302 e. The van der Waals surface area contributed by atoms with E-state index in [0.717, 1.165) is 34.7 Å². The summed E-state index contributed by atoms with van der Waals surface area (Å²) in [5.74, 6) is 0.0657. The van der Waals surface area contributed by atoms with Gasteiger partial charge in [0.1, 0.15) is 5.82 Å². The molecule has 4 nitrogen and oxygen atoms in total. The number of amides is 1. The van der Waals surface area contributed by atoms with Crippen LogP contribution < -0.4 is 4.90 Å². The van der Waals surface area contributed by atoms with E-state index in [9.17, 15) is 9.18 Å². The zero-order chi connectivity index (χ0) is 19.9. The molecule has 1 heterocycles. The Morgan fingerprint density at radius 3 is 2.52 bits per heavy atom. The number of thioether (sulfide) groups is 1. The lowest BCUT2D eigenvalue weighted by Crippen LogP contribution is -2.39. The number of thiazole rings is 1. The highest BCUT2D eigenvalue weighted by Crippen LogP contribution is 2.30. The normalized spacial score (nSPS) is 10.9. The van der Waals surface area contributed by atoms with E-state index in [-0.39, 0.29) is 24.1 Å². The zero-order valence-corrected chi connectivity index (χ0v) is 19.0. The molecule has 0 saturated heterocycles. The van der Waals surface area contributed by atoms with Crippen LogP contribution in [-0.4, -0.2) is 47.7 Å². The first kappa shape index (κ1) is 23.6. The molecular formula is C21H25ClFN3OS2. The van der Waals surface area contributed by atoms with E-state index in [2.05, 4.69) is 23.7 Å². The van der Waals surface area contributed by atoms with Crippen molar-refractivity contribution < 1.29 is 9.18 Å². The lowest BCUT2D eigenvalue weighted by molar-refractivity contribution is -0.116. The third kappa shape index (κ3) is 6.40. The third-order valence-corrected chi connectivity index (χ3v) is 6.55. The molecule has 8 heteroatoms. The van der Waals surface area contributed by atoms with Crippen LogP contribution in [0.5, 0.6) is 0 Å². The Morgan fingerprint density at radius 1 is 1.10 bits per heavy atom. The molecule has 0 aliphatic heterocycles. The maximum Gasteiger partial charge on any atom is 0.239 e. The maximum absolute atomic E-state index is 13.5. The standard InChI is InChI=1S/C21H24FN3OS2.ClH/c1-3-24(4-2)12-13-25(20(26)15-27-17-8-6-5-7-9-17)21-23-18-11-10-16(22)14-19(18)28-21;/h5-11,14H,3-4,12-13,15H2,1-2H3;1H. The molecule has 156 valence electrons. The molecule has 3 rings (SSSR count). The van der Waals surface area contributed by atoms with Crippen LogP contribution in [-0.2, 0) is 4.79 Å². The molecule has 0 unspecified atom stereocenters. The molecule has 3 aromatic rings. The second-order valence-electron chi connectivity index (χ2n) is 6.28. The maximum atomic E-state index is 13.5. The molecule has 0 saturated carbocycles. The first-order valence-corrected chi connectivity index (χ1v) is 11.2. The Bertz CT molecular complexity index is 919. The van der Waals surface area contributed by atoms with Crippen molar-refractivity contribution in [3.8, 4) is 0 Å². The van der Waals surface area contributed by atoms with Crippen LogP contribution in [0, 0.1) is 5.82 Å². The van der Waals surface area contributed by atoms with Crippen LogP contribution in [0.1, 0.15) is 13.8 Å². The fourth-order valence-corrected chi connectivity index (χ4v) is 4.68. The van der Waals surface area contributed by atoms with Crippen LogP contribution in [0.4, 0.5) is 9.52 Å². The molecule has 1 amide bonds. The van der Waals surface area contributed by atoms with Gasteiger partial charge >= 0.3 is 0 Å². The monoisotopic (exact) mass is 453 g/mol. The van der Waals surface area contributed by atoms with Gasteiger partial charge < -0.3 is 4.90 Å². The number of nitrogens with zero attached hydrogens (tertiary/aromatic N) is 3. The van der Waals surface area contributed by atoms with E-state index in [1.807, 2.05) is 30.3 Å². The highest BCUT2D eigenvalue weighted by molar-refractivity contribution is 8.00. The van der Waals surface area contributed by atoms with Gasteiger partial charge in [-0.25, -0.2) is 9.37 Å². The number of halogens is 2. The summed E-state index contributed by atoms with van der Waals surface area (Å²) in [5.41, 5.74) is 0.720. The number of benzene rings is 2. The van der Waals surface area contributed by atoms with Gasteiger partial charge in [-0.2, -0.15) is 0 Å². The summed E-state index contributed by atoms with van der Waals surface area (Å²) >= 11 is 2.88. The average Bonchev–Trinajstić information content (AvgIpc) is 3.13. The lowest BCUT2D eigenvalue weighted by Gasteiger charge is -2.24. The number of fused-ring (bicyclic) bond motifs is 1. The molecule has 0 fully saturated rings. The number of anilines is 1. The van der Waals surface area contributed by atoms with Gasteiger partial charge in [-0.3, -0.25) is 9.69 Å². The quantitative estimate of drug-likeness (QED) is 0.410. The molecule has 0 radical (unpaired) electrons.